The van der Waals surface area contributed by atoms with Gasteiger partial charge in [0.2, 0.25) is 5.89 Å². The molecule has 5 nitrogen and oxygen atoms in total. The molecular weight excluding hydrogens is 429 g/mol. The fraction of sp³-hybridized carbons (Fsp3) is 0. The number of rotatable bonds is 3. The second-order valence-electron chi connectivity index (χ2n) is 6.10. The van der Waals surface area contributed by atoms with Gasteiger partial charge in [-0.3, -0.25) is 10.1 Å². The Bertz CT molecular complexity index is 1240. The third-order valence-corrected chi connectivity index (χ3v) is 4.83. The topological polar surface area (TPSA) is 67.2 Å². The molecule has 29 heavy (non-hydrogen) atoms. The first-order valence-electron chi connectivity index (χ1n) is 8.53. The molecule has 0 unspecified atom stereocenters. The molecule has 2 N–H and O–H groups in total. The van der Waals surface area contributed by atoms with E-state index >= 15 is 0 Å². The minimum absolute atomic E-state index is 0.157. The number of amides is 1. The largest absolute Gasteiger partial charge is 0.436 e. The van der Waals surface area contributed by atoms with Crippen molar-refractivity contribution in [3.63, 3.8) is 0 Å². The molecule has 1 heterocycles. The summed E-state index contributed by atoms with van der Waals surface area (Å²) in [5.41, 5.74) is 3.03. The molecule has 1 amide bonds. The van der Waals surface area contributed by atoms with Gasteiger partial charge in [-0.25, -0.2) is 4.98 Å². The van der Waals surface area contributed by atoms with E-state index < -0.39 is 0 Å². The van der Waals surface area contributed by atoms with Crippen LogP contribution in [0, 0.1) is 0 Å². The number of aromatic nitrogens is 1. The monoisotopic (exact) mass is 441 g/mol. The van der Waals surface area contributed by atoms with Crippen LogP contribution in [0.2, 0.25) is 10.0 Å². The summed E-state index contributed by atoms with van der Waals surface area (Å²) in [4.78, 5) is 16.8. The van der Waals surface area contributed by atoms with Crippen LogP contribution >= 0.6 is 35.4 Å². The van der Waals surface area contributed by atoms with Crippen LogP contribution in [-0.4, -0.2) is 16.0 Å². The number of nitrogens with zero attached hydrogens (tertiary/aromatic N) is 1. The van der Waals surface area contributed by atoms with Crippen molar-refractivity contribution in [2.45, 2.75) is 0 Å². The molecule has 0 saturated carbocycles. The molecule has 4 aromatic rings. The van der Waals surface area contributed by atoms with Gasteiger partial charge in [0.25, 0.3) is 5.91 Å². The number of halogens is 2. The molecule has 0 atom stereocenters. The third-order valence-electron chi connectivity index (χ3n) is 4.06. The summed E-state index contributed by atoms with van der Waals surface area (Å²) < 4.78 is 5.79. The standard InChI is InChI=1S/C21H13Cl2N3O2S/c22-13-5-3-4-12(10-13)19(27)26-21(29)24-14-8-9-18-17(11-14)25-20(28-18)15-6-1-2-7-16(15)23/h1-11H,(H2,24,26,27,29). The summed E-state index contributed by atoms with van der Waals surface area (Å²) in [6, 6.07) is 19.3. The van der Waals surface area contributed by atoms with Crippen LogP contribution in [0.5, 0.6) is 0 Å². The number of anilines is 1. The van der Waals surface area contributed by atoms with Gasteiger partial charge in [-0.1, -0.05) is 41.4 Å². The van der Waals surface area contributed by atoms with E-state index in [0.717, 1.165) is 0 Å². The number of benzene rings is 3. The van der Waals surface area contributed by atoms with Gasteiger partial charge in [0.1, 0.15) is 5.52 Å². The Morgan fingerprint density at radius 2 is 1.83 bits per heavy atom. The van der Waals surface area contributed by atoms with E-state index in [9.17, 15) is 4.79 Å². The number of nitrogens with one attached hydrogen (secondary N) is 2. The summed E-state index contributed by atoms with van der Waals surface area (Å²) in [7, 11) is 0. The van der Waals surface area contributed by atoms with Gasteiger partial charge in [-0.05, 0) is 60.7 Å². The summed E-state index contributed by atoms with van der Waals surface area (Å²) in [5, 5.41) is 6.78. The maximum atomic E-state index is 12.3. The first-order chi connectivity index (χ1) is 14.0. The van der Waals surface area contributed by atoms with Crippen molar-refractivity contribution in [3.05, 3.63) is 82.3 Å². The Morgan fingerprint density at radius 3 is 2.62 bits per heavy atom. The number of carbonyl (C=O) groups is 1. The van der Waals surface area contributed by atoms with Crippen LogP contribution in [0.25, 0.3) is 22.6 Å². The SMILES string of the molecule is O=C(NC(=S)Nc1ccc2oc(-c3ccccc3Cl)nc2c1)c1cccc(Cl)c1. The summed E-state index contributed by atoms with van der Waals surface area (Å²) in [5.74, 6) is 0.0769. The maximum absolute atomic E-state index is 12.3. The number of fused-ring (bicyclic) bond motifs is 1. The highest BCUT2D eigenvalue weighted by molar-refractivity contribution is 7.80. The fourth-order valence-electron chi connectivity index (χ4n) is 2.72. The van der Waals surface area contributed by atoms with Crippen molar-refractivity contribution in [1.29, 1.82) is 0 Å². The minimum atomic E-state index is -0.353. The zero-order valence-corrected chi connectivity index (χ0v) is 17.1. The van der Waals surface area contributed by atoms with Crippen molar-refractivity contribution in [2.75, 3.05) is 5.32 Å². The van der Waals surface area contributed by atoms with E-state index in [0.29, 0.717) is 43.9 Å². The van der Waals surface area contributed by atoms with Gasteiger partial charge in [0.05, 0.1) is 10.6 Å². The van der Waals surface area contributed by atoms with Crippen molar-refractivity contribution in [1.82, 2.24) is 10.3 Å². The van der Waals surface area contributed by atoms with Gasteiger partial charge >= 0.3 is 0 Å². The number of oxazole rings is 1. The van der Waals surface area contributed by atoms with Crippen LogP contribution in [0.15, 0.2) is 71.1 Å². The molecule has 0 spiro atoms. The predicted octanol–water partition coefficient (Wildman–Crippen LogP) is 5.93. The second-order valence-corrected chi connectivity index (χ2v) is 7.35. The predicted molar refractivity (Wildman–Crippen MR) is 120 cm³/mol. The zero-order chi connectivity index (χ0) is 20.4. The molecule has 0 aliphatic heterocycles. The van der Waals surface area contributed by atoms with Crippen molar-refractivity contribution in [2.24, 2.45) is 0 Å². The molecule has 0 aliphatic carbocycles. The van der Waals surface area contributed by atoms with Crippen LogP contribution in [0.1, 0.15) is 10.4 Å². The van der Waals surface area contributed by atoms with Crippen LogP contribution in [0.4, 0.5) is 5.69 Å². The fourth-order valence-corrected chi connectivity index (χ4v) is 3.34. The average Bonchev–Trinajstić information content (AvgIpc) is 3.11. The van der Waals surface area contributed by atoms with Gasteiger partial charge in [-0.2, -0.15) is 0 Å². The van der Waals surface area contributed by atoms with E-state index in [1.807, 2.05) is 18.2 Å². The highest BCUT2D eigenvalue weighted by atomic mass is 35.5. The quantitative estimate of drug-likeness (QED) is 0.385. The zero-order valence-electron chi connectivity index (χ0n) is 14.8. The third kappa shape index (κ3) is 4.40. The number of carbonyl (C=O) groups excluding carboxylic acids is 1. The summed E-state index contributed by atoms with van der Waals surface area (Å²) >= 11 is 17.4. The molecule has 0 fully saturated rings. The Morgan fingerprint density at radius 1 is 1.00 bits per heavy atom. The normalized spacial score (nSPS) is 10.7. The summed E-state index contributed by atoms with van der Waals surface area (Å²) in [6.45, 7) is 0. The van der Waals surface area contributed by atoms with E-state index in [2.05, 4.69) is 15.6 Å². The van der Waals surface area contributed by atoms with Crippen molar-refractivity contribution < 1.29 is 9.21 Å². The highest BCUT2D eigenvalue weighted by Gasteiger charge is 2.13. The molecule has 1 aromatic heterocycles. The Kier molecular flexibility index (Phi) is 5.49. The Labute approximate surface area is 181 Å². The lowest BCUT2D eigenvalue weighted by Gasteiger charge is -2.09. The molecule has 144 valence electrons. The smallest absolute Gasteiger partial charge is 0.257 e. The van der Waals surface area contributed by atoms with Crippen molar-refractivity contribution in [3.8, 4) is 11.5 Å². The van der Waals surface area contributed by atoms with Gasteiger partial charge in [0, 0.05) is 16.3 Å². The lowest BCUT2D eigenvalue weighted by atomic mass is 10.2. The Balaban J connectivity index is 1.50. The first-order valence-corrected chi connectivity index (χ1v) is 9.69. The van der Waals surface area contributed by atoms with E-state index in [-0.39, 0.29) is 11.0 Å². The average molecular weight is 442 g/mol. The number of thiocarbonyl (C=S) groups is 1. The van der Waals surface area contributed by atoms with E-state index in [4.69, 9.17) is 39.8 Å². The van der Waals surface area contributed by atoms with Crippen LogP contribution in [0.3, 0.4) is 0 Å². The molecule has 0 aliphatic rings. The van der Waals surface area contributed by atoms with Crippen LogP contribution < -0.4 is 10.6 Å². The molecule has 0 radical (unpaired) electrons. The molecule has 0 bridgehead atoms. The highest BCUT2D eigenvalue weighted by Crippen LogP contribution is 2.30. The molecule has 3 aromatic carbocycles. The van der Waals surface area contributed by atoms with E-state index in [1.54, 1.807) is 48.5 Å². The second kappa shape index (κ2) is 8.21. The summed E-state index contributed by atoms with van der Waals surface area (Å²) in [6.07, 6.45) is 0. The van der Waals surface area contributed by atoms with Crippen LogP contribution in [-0.2, 0) is 0 Å². The Hall–Kier alpha value is -2.93. The van der Waals surface area contributed by atoms with Gasteiger partial charge in [0.15, 0.2) is 10.7 Å². The van der Waals surface area contributed by atoms with Crippen molar-refractivity contribution >= 4 is 63.2 Å². The first kappa shape index (κ1) is 19.4. The lowest BCUT2D eigenvalue weighted by Crippen LogP contribution is -2.34. The molecular formula is C21H13Cl2N3O2S. The van der Waals surface area contributed by atoms with Gasteiger partial charge in [-0.15, -0.1) is 0 Å². The van der Waals surface area contributed by atoms with Gasteiger partial charge < -0.3 is 9.73 Å². The number of hydrogen-bond donors (Lipinski definition) is 2. The number of hydrogen-bond acceptors (Lipinski definition) is 4. The molecule has 8 heteroatoms. The maximum Gasteiger partial charge on any atom is 0.257 e. The lowest BCUT2D eigenvalue weighted by molar-refractivity contribution is 0.0977. The molecule has 4 rings (SSSR count). The van der Waals surface area contributed by atoms with E-state index in [1.165, 1.54) is 0 Å². The minimum Gasteiger partial charge on any atom is -0.436 e. The molecule has 0 saturated heterocycles.